The third kappa shape index (κ3) is 3.02. The maximum Gasteiger partial charge on any atom is 0.331 e. The average Bonchev–Trinajstić information content (AvgIpc) is 2.84. The Morgan fingerprint density at radius 2 is 2.14 bits per heavy atom. The van der Waals surface area contributed by atoms with Gasteiger partial charge in [-0.1, -0.05) is 6.07 Å². The summed E-state index contributed by atoms with van der Waals surface area (Å²) >= 11 is 0. The van der Waals surface area contributed by atoms with Crippen LogP contribution in [0.4, 0.5) is 5.69 Å². The van der Waals surface area contributed by atoms with Crippen molar-refractivity contribution in [1.29, 1.82) is 0 Å². The summed E-state index contributed by atoms with van der Waals surface area (Å²) in [5.41, 5.74) is 7.61. The Morgan fingerprint density at radius 3 is 2.71 bits per heavy atom. The zero-order valence-electron chi connectivity index (χ0n) is 11.7. The molecule has 1 unspecified atom stereocenters. The highest BCUT2D eigenvalue weighted by molar-refractivity contribution is 5.99. The third-order valence-electron chi connectivity index (χ3n) is 3.20. The van der Waals surface area contributed by atoms with Gasteiger partial charge in [0.1, 0.15) is 0 Å². The molecule has 0 fully saturated rings. The molecular formula is C14H16N4O3. The molecule has 21 heavy (non-hydrogen) atoms. The molecule has 1 aromatic carbocycles. The van der Waals surface area contributed by atoms with E-state index < -0.39 is 17.9 Å². The normalized spacial score (nSPS) is 11.9. The predicted molar refractivity (Wildman–Crippen MR) is 76.6 cm³/mol. The molecule has 0 spiro atoms. The number of hydrogen-bond donors (Lipinski definition) is 3. The van der Waals surface area contributed by atoms with E-state index in [0.717, 1.165) is 0 Å². The number of carboxylic acid groups (broad SMARTS) is 1. The van der Waals surface area contributed by atoms with Crippen molar-refractivity contribution >= 4 is 17.6 Å². The first-order chi connectivity index (χ1) is 9.90. The highest BCUT2D eigenvalue weighted by Crippen LogP contribution is 2.18. The fourth-order valence-electron chi connectivity index (χ4n) is 1.99. The van der Waals surface area contributed by atoms with Crippen LogP contribution in [0.15, 0.2) is 30.6 Å². The van der Waals surface area contributed by atoms with Crippen LogP contribution in [0.1, 0.15) is 27.5 Å². The van der Waals surface area contributed by atoms with Gasteiger partial charge >= 0.3 is 5.97 Å². The third-order valence-corrected chi connectivity index (χ3v) is 3.20. The highest BCUT2D eigenvalue weighted by atomic mass is 16.4. The van der Waals surface area contributed by atoms with E-state index in [1.807, 2.05) is 0 Å². The van der Waals surface area contributed by atoms with Crippen LogP contribution in [0, 0.1) is 6.92 Å². The second-order valence-corrected chi connectivity index (χ2v) is 4.71. The number of carbonyl (C=O) groups excluding carboxylic acids is 1. The Balaban J connectivity index is 2.27. The van der Waals surface area contributed by atoms with Gasteiger partial charge in [-0.25, -0.2) is 4.79 Å². The van der Waals surface area contributed by atoms with Gasteiger partial charge in [0.15, 0.2) is 6.04 Å². The van der Waals surface area contributed by atoms with Crippen LogP contribution >= 0.6 is 0 Å². The molecule has 0 saturated heterocycles. The minimum absolute atomic E-state index is 0.352. The largest absolute Gasteiger partial charge is 0.479 e. The quantitative estimate of drug-likeness (QED) is 0.723. The number of anilines is 1. The molecule has 4 N–H and O–H groups in total. The van der Waals surface area contributed by atoms with Gasteiger partial charge in [0, 0.05) is 30.1 Å². The first-order valence-corrected chi connectivity index (χ1v) is 6.27. The van der Waals surface area contributed by atoms with Crippen molar-refractivity contribution in [3.05, 3.63) is 47.3 Å². The second kappa shape index (κ2) is 5.66. The lowest BCUT2D eigenvalue weighted by molar-refractivity contribution is -0.139. The molecule has 1 amide bonds. The van der Waals surface area contributed by atoms with Crippen molar-refractivity contribution in [3.8, 4) is 0 Å². The van der Waals surface area contributed by atoms with E-state index in [0.29, 0.717) is 22.4 Å². The summed E-state index contributed by atoms with van der Waals surface area (Å²) in [7, 11) is 1.67. The maximum atomic E-state index is 12.3. The van der Waals surface area contributed by atoms with Crippen molar-refractivity contribution in [2.45, 2.75) is 13.0 Å². The SMILES string of the molecule is Cc1c(N)cccc1C(=O)NC(C(=O)O)c1cnn(C)c1. The molecular weight excluding hydrogens is 272 g/mol. The summed E-state index contributed by atoms with van der Waals surface area (Å²) in [5, 5.41) is 15.7. The number of carbonyl (C=O) groups is 2. The molecule has 0 aliphatic heterocycles. The fraction of sp³-hybridized carbons (Fsp3) is 0.214. The van der Waals surface area contributed by atoms with Crippen molar-refractivity contribution in [2.24, 2.45) is 7.05 Å². The molecule has 0 saturated carbocycles. The molecule has 7 nitrogen and oxygen atoms in total. The zero-order valence-corrected chi connectivity index (χ0v) is 11.7. The molecule has 2 rings (SSSR count). The molecule has 7 heteroatoms. The van der Waals surface area contributed by atoms with Crippen LogP contribution in [0.25, 0.3) is 0 Å². The Morgan fingerprint density at radius 1 is 1.43 bits per heavy atom. The number of nitrogens with one attached hydrogen (secondary N) is 1. The van der Waals surface area contributed by atoms with E-state index in [9.17, 15) is 14.7 Å². The van der Waals surface area contributed by atoms with Crippen LogP contribution in [-0.4, -0.2) is 26.8 Å². The minimum Gasteiger partial charge on any atom is -0.479 e. The first kappa shape index (κ1) is 14.6. The number of aromatic nitrogens is 2. The Bertz CT molecular complexity index is 693. The van der Waals surface area contributed by atoms with Crippen LogP contribution in [0.5, 0.6) is 0 Å². The summed E-state index contributed by atoms with van der Waals surface area (Å²) in [6.45, 7) is 1.71. The van der Waals surface area contributed by atoms with Gasteiger partial charge in [0.25, 0.3) is 5.91 Å². The summed E-state index contributed by atoms with van der Waals surface area (Å²) in [6, 6.07) is 3.77. The second-order valence-electron chi connectivity index (χ2n) is 4.71. The average molecular weight is 288 g/mol. The first-order valence-electron chi connectivity index (χ1n) is 6.27. The standard InChI is InChI=1S/C14H16N4O3/c1-8-10(4-3-5-11(8)15)13(19)17-12(14(20)21)9-6-16-18(2)7-9/h3-7,12H,15H2,1-2H3,(H,17,19)(H,20,21). The van der Waals surface area contributed by atoms with Crippen LogP contribution in [0.2, 0.25) is 0 Å². The van der Waals surface area contributed by atoms with Crippen molar-refractivity contribution < 1.29 is 14.7 Å². The zero-order chi connectivity index (χ0) is 15.6. The van der Waals surface area contributed by atoms with Crippen LogP contribution < -0.4 is 11.1 Å². The molecule has 0 bridgehead atoms. The van der Waals surface area contributed by atoms with Gasteiger partial charge in [0.05, 0.1) is 6.20 Å². The molecule has 0 aliphatic carbocycles. The lowest BCUT2D eigenvalue weighted by Gasteiger charge is -2.14. The lowest BCUT2D eigenvalue weighted by Crippen LogP contribution is -2.34. The number of aryl methyl sites for hydroxylation is 1. The molecule has 1 heterocycles. The van der Waals surface area contributed by atoms with Crippen molar-refractivity contribution in [3.63, 3.8) is 0 Å². The maximum absolute atomic E-state index is 12.3. The predicted octanol–water partition coefficient (Wildman–Crippen LogP) is 0.866. The van der Waals surface area contributed by atoms with Gasteiger partial charge in [-0.3, -0.25) is 9.48 Å². The molecule has 0 radical (unpaired) electrons. The number of carboxylic acids is 1. The fourth-order valence-corrected chi connectivity index (χ4v) is 1.99. The molecule has 2 aromatic rings. The van der Waals surface area contributed by atoms with E-state index in [4.69, 9.17) is 5.73 Å². The van der Waals surface area contributed by atoms with E-state index >= 15 is 0 Å². The van der Waals surface area contributed by atoms with Gasteiger partial charge in [-0.15, -0.1) is 0 Å². The monoisotopic (exact) mass is 288 g/mol. The van der Waals surface area contributed by atoms with Crippen molar-refractivity contribution in [2.75, 3.05) is 5.73 Å². The van der Waals surface area contributed by atoms with Gasteiger partial charge in [-0.2, -0.15) is 5.10 Å². The molecule has 110 valence electrons. The number of benzene rings is 1. The van der Waals surface area contributed by atoms with Gasteiger partial charge < -0.3 is 16.2 Å². The summed E-state index contributed by atoms with van der Waals surface area (Å²) in [5.74, 6) is -1.64. The highest BCUT2D eigenvalue weighted by Gasteiger charge is 2.24. The van der Waals surface area contributed by atoms with E-state index in [1.165, 1.54) is 10.9 Å². The number of aliphatic carboxylic acids is 1. The molecule has 0 aliphatic rings. The van der Waals surface area contributed by atoms with Crippen molar-refractivity contribution in [1.82, 2.24) is 15.1 Å². The summed E-state index contributed by atoms with van der Waals surface area (Å²) in [4.78, 5) is 23.6. The Kier molecular flexibility index (Phi) is 3.93. The summed E-state index contributed by atoms with van der Waals surface area (Å²) in [6.07, 6.45) is 2.95. The van der Waals surface area contributed by atoms with Crippen LogP contribution in [-0.2, 0) is 11.8 Å². The lowest BCUT2D eigenvalue weighted by atomic mass is 10.1. The molecule has 1 aromatic heterocycles. The topological polar surface area (TPSA) is 110 Å². The van der Waals surface area contributed by atoms with Gasteiger partial charge in [0.2, 0.25) is 0 Å². The number of hydrogen-bond acceptors (Lipinski definition) is 4. The summed E-state index contributed by atoms with van der Waals surface area (Å²) < 4.78 is 1.48. The number of amides is 1. The Labute approximate surface area is 121 Å². The van der Waals surface area contributed by atoms with Crippen LogP contribution in [0.3, 0.4) is 0 Å². The number of nitrogens with two attached hydrogens (primary N) is 1. The van der Waals surface area contributed by atoms with E-state index in [1.54, 1.807) is 38.4 Å². The number of nitrogens with zero attached hydrogens (tertiary/aromatic N) is 2. The van der Waals surface area contributed by atoms with Gasteiger partial charge in [-0.05, 0) is 24.6 Å². The van der Waals surface area contributed by atoms with E-state index in [-0.39, 0.29) is 0 Å². The number of nitrogen functional groups attached to an aromatic ring is 1. The number of rotatable bonds is 4. The Hall–Kier alpha value is -2.83. The smallest absolute Gasteiger partial charge is 0.331 e. The minimum atomic E-state index is -1.16. The van der Waals surface area contributed by atoms with E-state index in [2.05, 4.69) is 10.4 Å². The molecule has 1 atom stereocenters.